The van der Waals surface area contributed by atoms with E-state index >= 15 is 0 Å². The van der Waals surface area contributed by atoms with Gasteiger partial charge in [0.15, 0.2) is 0 Å². The molecule has 2 nitrogen and oxygen atoms in total. The second kappa shape index (κ2) is 6.48. The largest absolute Gasteiger partial charge is 0.469 e. The van der Waals surface area contributed by atoms with Gasteiger partial charge in [0.25, 0.3) is 0 Å². The van der Waals surface area contributed by atoms with Crippen LogP contribution in [-0.4, -0.2) is 13.1 Å². The molecule has 0 unspecified atom stereocenters. The van der Waals surface area contributed by atoms with Crippen LogP contribution in [0.2, 0.25) is 0 Å². The standard InChI is InChI=1S/C13H18O2S/c1-4-6-11-7-8-16-12(11)9-10(5-2)13(14)15-3/h5,7-8,10H,2,4,6,9H2,1,3H3/t10-/m0/s1. The molecule has 0 amide bonds. The van der Waals surface area contributed by atoms with E-state index < -0.39 is 0 Å². The maximum absolute atomic E-state index is 11.4. The van der Waals surface area contributed by atoms with Crippen molar-refractivity contribution >= 4 is 17.3 Å². The first kappa shape index (κ1) is 13.0. The van der Waals surface area contributed by atoms with Crippen molar-refractivity contribution in [2.24, 2.45) is 5.92 Å². The molecule has 0 saturated heterocycles. The highest BCUT2D eigenvalue weighted by Gasteiger charge is 2.17. The molecule has 0 aromatic carbocycles. The van der Waals surface area contributed by atoms with E-state index in [9.17, 15) is 4.79 Å². The molecule has 16 heavy (non-hydrogen) atoms. The molecule has 1 heterocycles. The Bertz CT molecular complexity index is 355. The molecular formula is C13H18O2S. The molecule has 0 aliphatic rings. The van der Waals surface area contributed by atoms with Gasteiger partial charge < -0.3 is 4.74 Å². The second-order valence-corrected chi connectivity index (χ2v) is 4.69. The molecule has 1 aromatic rings. The first-order valence-corrected chi connectivity index (χ1v) is 6.36. The van der Waals surface area contributed by atoms with Crippen LogP contribution in [0.15, 0.2) is 24.1 Å². The van der Waals surface area contributed by atoms with Crippen LogP contribution >= 0.6 is 11.3 Å². The van der Waals surface area contributed by atoms with E-state index in [-0.39, 0.29) is 11.9 Å². The summed E-state index contributed by atoms with van der Waals surface area (Å²) in [5.41, 5.74) is 1.35. The number of rotatable bonds is 6. The minimum Gasteiger partial charge on any atom is -0.469 e. The van der Waals surface area contributed by atoms with Crippen molar-refractivity contribution in [1.82, 2.24) is 0 Å². The third-order valence-corrected chi connectivity index (χ3v) is 3.54. The van der Waals surface area contributed by atoms with E-state index in [0.717, 1.165) is 12.8 Å². The summed E-state index contributed by atoms with van der Waals surface area (Å²) in [6.07, 6.45) is 4.58. The Labute approximate surface area is 101 Å². The Morgan fingerprint density at radius 1 is 1.69 bits per heavy atom. The fourth-order valence-corrected chi connectivity index (χ4v) is 2.65. The number of methoxy groups -OCH3 is 1. The highest BCUT2D eigenvalue weighted by molar-refractivity contribution is 7.10. The van der Waals surface area contributed by atoms with Gasteiger partial charge in [-0.05, 0) is 29.9 Å². The van der Waals surface area contributed by atoms with Crippen LogP contribution in [0.5, 0.6) is 0 Å². The smallest absolute Gasteiger partial charge is 0.312 e. The molecule has 0 bridgehead atoms. The van der Waals surface area contributed by atoms with Gasteiger partial charge in [-0.2, -0.15) is 0 Å². The summed E-state index contributed by atoms with van der Waals surface area (Å²) in [6.45, 7) is 5.85. The molecule has 1 atom stereocenters. The Balaban J connectivity index is 2.73. The number of hydrogen-bond acceptors (Lipinski definition) is 3. The van der Waals surface area contributed by atoms with Crippen LogP contribution in [0.25, 0.3) is 0 Å². The van der Waals surface area contributed by atoms with Crippen molar-refractivity contribution in [3.63, 3.8) is 0 Å². The van der Waals surface area contributed by atoms with E-state index in [2.05, 4.69) is 24.9 Å². The highest BCUT2D eigenvalue weighted by Crippen LogP contribution is 2.23. The predicted octanol–water partition coefficient (Wildman–Crippen LogP) is 3.22. The molecular weight excluding hydrogens is 220 g/mol. The minimum atomic E-state index is -0.223. The third kappa shape index (κ3) is 3.20. The van der Waals surface area contributed by atoms with E-state index in [1.807, 2.05) is 0 Å². The first-order chi connectivity index (χ1) is 7.72. The lowest BCUT2D eigenvalue weighted by Gasteiger charge is -2.10. The van der Waals surface area contributed by atoms with Gasteiger partial charge in [-0.15, -0.1) is 17.9 Å². The maximum Gasteiger partial charge on any atom is 0.312 e. The summed E-state index contributed by atoms with van der Waals surface area (Å²) in [5.74, 6) is -0.426. The number of aryl methyl sites for hydroxylation is 1. The topological polar surface area (TPSA) is 26.3 Å². The second-order valence-electron chi connectivity index (χ2n) is 3.69. The Morgan fingerprint density at radius 3 is 3.00 bits per heavy atom. The van der Waals surface area contributed by atoms with Crippen LogP contribution in [-0.2, 0) is 22.4 Å². The van der Waals surface area contributed by atoms with Crippen LogP contribution in [0.4, 0.5) is 0 Å². The molecule has 0 N–H and O–H groups in total. The van der Waals surface area contributed by atoms with Crippen molar-refractivity contribution < 1.29 is 9.53 Å². The quantitative estimate of drug-likeness (QED) is 0.562. The van der Waals surface area contributed by atoms with Crippen LogP contribution < -0.4 is 0 Å². The number of ether oxygens (including phenoxy) is 1. The molecule has 1 aromatic heterocycles. The van der Waals surface area contributed by atoms with Crippen LogP contribution in [0.1, 0.15) is 23.8 Å². The summed E-state index contributed by atoms with van der Waals surface area (Å²) in [5, 5.41) is 2.08. The number of esters is 1. The van der Waals surface area contributed by atoms with Crippen molar-refractivity contribution in [2.75, 3.05) is 7.11 Å². The highest BCUT2D eigenvalue weighted by atomic mass is 32.1. The summed E-state index contributed by atoms with van der Waals surface area (Å²) < 4.78 is 4.75. The average Bonchev–Trinajstić information content (AvgIpc) is 2.73. The van der Waals surface area contributed by atoms with Gasteiger partial charge in [-0.25, -0.2) is 0 Å². The Kier molecular flexibility index (Phi) is 5.26. The summed E-state index contributed by atoms with van der Waals surface area (Å²) in [7, 11) is 1.42. The van der Waals surface area contributed by atoms with Crippen molar-refractivity contribution in [1.29, 1.82) is 0 Å². The fourth-order valence-electron chi connectivity index (χ4n) is 1.65. The first-order valence-electron chi connectivity index (χ1n) is 5.48. The van der Waals surface area contributed by atoms with Crippen molar-refractivity contribution in [3.05, 3.63) is 34.5 Å². The molecule has 0 aliphatic carbocycles. The number of carbonyl (C=O) groups excluding carboxylic acids is 1. The molecule has 0 aliphatic heterocycles. The predicted molar refractivity (Wildman–Crippen MR) is 67.7 cm³/mol. The lowest BCUT2D eigenvalue weighted by Crippen LogP contribution is -2.16. The molecule has 0 radical (unpaired) electrons. The SMILES string of the molecule is C=C[C@@H](Cc1sccc1CCC)C(=O)OC. The molecule has 1 rings (SSSR count). The zero-order valence-corrected chi connectivity index (χ0v) is 10.7. The number of thiophene rings is 1. The molecule has 3 heteroatoms. The summed E-state index contributed by atoms with van der Waals surface area (Å²) >= 11 is 1.71. The van der Waals surface area contributed by atoms with E-state index in [1.165, 1.54) is 17.6 Å². The monoisotopic (exact) mass is 238 g/mol. The third-order valence-electron chi connectivity index (χ3n) is 2.55. The minimum absolute atomic E-state index is 0.203. The van der Waals surface area contributed by atoms with E-state index in [4.69, 9.17) is 4.74 Å². The Hall–Kier alpha value is -1.09. The van der Waals surface area contributed by atoms with Crippen molar-refractivity contribution in [2.45, 2.75) is 26.2 Å². The van der Waals surface area contributed by atoms with Gasteiger partial charge in [0.1, 0.15) is 0 Å². The lowest BCUT2D eigenvalue weighted by atomic mass is 10.0. The van der Waals surface area contributed by atoms with E-state index in [0.29, 0.717) is 6.42 Å². The average molecular weight is 238 g/mol. The van der Waals surface area contributed by atoms with Crippen LogP contribution in [0, 0.1) is 5.92 Å². The lowest BCUT2D eigenvalue weighted by molar-refractivity contribution is -0.143. The molecule has 0 saturated carbocycles. The van der Waals surface area contributed by atoms with Crippen molar-refractivity contribution in [3.8, 4) is 0 Å². The zero-order chi connectivity index (χ0) is 12.0. The van der Waals surface area contributed by atoms with Gasteiger partial charge in [-0.3, -0.25) is 4.79 Å². The van der Waals surface area contributed by atoms with E-state index in [1.54, 1.807) is 17.4 Å². The molecule has 88 valence electrons. The summed E-state index contributed by atoms with van der Waals surface area (Å²) in [6, 6.07) is 2.14. The molecule has 0 fully saturated rings. The van der Waals surface area contributed by atoms with Gasteiger partial charge >= 0.3 is 5.97 Å². The normalized spacial score (nSPS) is 12.1. The number of hydrogen-bond donors (Lipinski definition) is 0. The van der Waals surface area contributed by atoms with Gasteiger partial charge in [0.05, 0.1) is 13.0 Å². The van der Waals surface area contributed by atoms with Crippen LogP contribution in [0.3, 0.4) is 0 Å². The fraction of sp³-hybridized carbons (Fsp3) is 0.462. The maximum atomic E-state index is 11.4. The zero-order valence-electron chi connectivity index (χ0n) is 9.86. The number of carbonyl (C=O) groups is 1. The van der Waals surface area contributed by atoms with Gasteiger partial charge in [0, 0.05) is 4.88 Å². The Morgan fingerprint density at radius 2 is 2.44 bits per heavy atom. The molecule has 0 spiro atoms. The van der Waals surface area contributed by atoms with Gasteiger partial charge in [0.2, 0.25) is 0 Å². The summed E-state index contributed by atoms with van der Waals surface area (Å²) in [4.78, 5) is 12.7. The van der Waals surface area contributed by atoms with Gasteiger partial charge in [-0.1, -0.05) is 19.4 Å².